The van der Waals surface area contributed by atoms with Crippen molar-refractivity contribution in [3.8, 4) is 5.75 Å². The zero-order valence-corrected chi connectivity index (χ0v) is 17.5. The van der Waals surface area contributed by atoms with E-state index in [9.17, 15) is 4.79 Å². The highest BCUT2D eigenvalue weighted by Crippen LogP contribution is 2.18. The third kappa shape index (κ3) is 4.71. The lowest BCUT2D eigenvalue weighted by Gasteiger charge is -2.33. The molecule has 8 nitrogen and oxygen atoms in total. The molecule has 1 aromatic carbocycles. The number of benzene rings is 1. The van der Waals surface area contributed by atoms with Gasteiger partial charge in [-0.1, -0.05) is 0 Å². The van der Waals surface area contributed by atoms with Crippen LogP contribution >= 0.6 is 12.2 Å². The largest absolute Gasteiger partial charge is 0.497 e. The number of esters is 1. The number of ether oxygens (including phenoxy) is 2. The number of piperazine rings is 1. The van der Waals surface area contributed by atoms with Gasteiger partial charge in [-0.25, -0.2) is 0 Å². The third-order valence-electron chi connectivity index (χ3n) is 5.02. The lowest BCUT2D eigenvalue weighted by Crippen LogP contribution is -3.14. The van der Waals surface area contributed by atoms with Gasteiger partial charge in [0.15, 0.2) is 6.67 Å². The van der Waals surface area contributed by atoms with E-state index < -0.39 is 0 Å². The number of carbonyl (C=O) groups is 1. The van der Waals surface area contributed by atoms with Crippen molar-refractivity contribution >= 4 is 23.9 Å². The monoisotopic (exact) mass is 406 g/mol. The zero-order valence-electron chi connectivity index (χ0n) is 16.7. The van der Waals surface area contributed by atoms with Crippen LogP contribution in [0.3, 0.4) is 0 Å². The molecule has 0 atom stereocenters. The minimum Gasteiger partial charge on any atom is -0.497 e. The van der Waals surface area contributed by atoms with Gasteiger partial charge in [-0.15, -0.1) is 0 Å². The fraction of sp³-hybridized carbons (Fsp3) is 0.526. The molecule has 0 spiro atoms. The Bertz CT molecular complexity index is 853. The number of hydrogen-bond acceptors (Lipinski definition) is 6. The Morgan fingerprint density at radius 1 is 1.25 bits per heavy atom. The average molecular weight is 407 g/mol. The van der Waals surface area contributed by atoms with E-state index in [4.69, 9.17) is 21.7 Å². The maximum atomic E-state index is 11.7. The Kier molecular flexibility index (Phi) is 6.69. The van der Waals surface area contributed by atoms with Crippen molar-refractivity contribution in [1.82, 2.24) is 14.3 Å². The normalized spacial score (nSPS) is 14.9. The van der Waals surface area contributed by atoms with E-state index in [1.807, 2.05) is 23.9 Å². The van der Waals surface area contributed by atoms with Gasteiger partial charge in [-0.05, 0) is 43.4 Å². The first kappa shape index (κ1) is 20.3. The number of nitrogens with one attached hydrogen (secondary N) is 1. The van der Waals surface area contributed by atoms with Crippen LogP contribution in [-0.2, 0) is 29.7 Å². The van der Waals surface area contributed by atoms with E-state index in [0.717, 1.165) is 31.9 Å². The zero-order chi connectivity index (χ0) is 20.1. The number of anilines is 1. The second-order valence-electron chi connectivity index (χ2n) is 6.83. The summed E-state index contributed by atoms with van der Waals surface area (Å²) < 4.78 is 14.5. The summed E-state index contributed by atoms with van der Waals surface area (Å²) in [6.07, 6.45) is 0.140. The number of hydrogen-bond donors (Lipinski definition) is 1. The Balaban J connectivity index is 1.58. The number of carbonyl (C=O) groups excluding carboxylic acids is 1. The van der Waals surface area contributed by atoms with Crippen molar-refractivity contribution in [2.24, 2.45) is 7.05 Å². The van der Waals surface area contributed by atoms with Crippen molar-refractivity contribution in [3.63, 3.8) is 0 Å². The molecule has 1 N–H and O–H groups in total. The molecule has 1 aliphatic heterocycles. The Morgan fingerprint density at radius 3 is 2.54 bits per heavy atom. The van der Waals surface area contributed by atoms with Crippen LogP contribution in [0.5, 0.6) is 5.75 Å². The Morgan fingerprint density at radius 2 is 1.93 bits per heavy atom. The van der Waals surface area contributed by atoms with Gasteiger partial charge < -0.3 is 23.8 Å². The van der Waals surface area contributed by atoms with E-state index in [-0.39, 0.29) is 12.4 Å². The molecule has 0 bridgehead atoms. The summed E-state index contributed by atoms with van der Waals surface area (Å²) in [5.74, 6) is 1.23. The summed E-state index contributed by atoms with van der Waals surface area (Å²) in [6.45, 7) is 6.80. The Labute approximate surface area is 170 Å². The van der Waals surface area contributed by atoms with Gasteiger partial charge in [0.05, 0.1) is 39.9 Å². The predicted molar refractivity (Wildman–Crippen MR) is 108 cm³/mol. The highest BCUT2D eigenvalue weighted by molar-refractivity contribution is 7.71. The van der Waals surface area contributed by atoms with Crippen molar-refractivity contribution in [2.45, 2.75) is 20.0 Å². The maximum absolute atomic E-state index is 11.7. The molecule has 1 aromatic heterocycles. The summed E-state index contributed by atoms with van der Waals surface area (Å²) in [6, 6.07) is 8.18. The highest BCUT2D eigenvalue weighted by Gasteiger charge is 2.22. The van der Waals surface area contributed by atoms with Crippen LogP contribution in [-0.4, -0.2) is 60.2 Å². The fourth-order valence-corrected chi connectivity index (χ4v) is 3.59. The van der Waals surface area contributed by atoms with Crippen molar-refractivity contribution in [2.75, 3.05) is 44.8 Å². The molecule has 9 heteroatoms. The van der Waals surface area contributed by atoms with E-state index in [0.29, 0.717) is 23.9 Å². The molecule has 0 amide bonds. The smallest absolute Gasteiger partial charge is 0.313 e. The van der Waals surface area contributed by atoms with E-state index in [1.54, 1.807) is 18.6 Å². The predicted octanol–water partition coefficient (Wildman–Crippen LogP) is 0.428. The quantitative estimate of drug-likeness (QED) is 0.531. The van der Waals surface area contributed by atoms with Gasteiger partial charge in [0.1, 0.15) is 18.0 Å². The summed E-state index contributed by atoms with van der Waals surface area (Å²) in [7, 11) is 3.52. The molecule has 1 aliphatic rings. The summed E-state index contributed by atoms with van der Waals surface area (Å²) in [5.41, 5.74) is 1.21. The number of rotatable bonds is 7. The van der Waals surface area contributed by atoms with Crippen LogP contribution in [0.4, 0.5) is 5.69 Å². The number of methoxy groups -OCH3 is 1. The van der Waals surface area contributed by atoms with Crippen LogP contribution in [0, 0.1) is 4.77 Å². The van der Waals surface area contributed by atoms with Gasteiger partial charge in [0.2, 0.25) is 4.77 Å². The van der Waals surface area contributed by atoms with E-state index in [2.05, 4.69) is 22.1 Å². The molecule has 2 aromatic rings. The molecule has 0 radical (unpaired) electrons. The molecular formula is C19H28N5O3S+. The molecular weight excluding hydrogens is 378 g/mol. The minimum atomic E-state index is -0.279. The van der Waals surface area contributed by atoms with Gasteiger partial charge in [-0.2, -0.15) is 9.78 Å². The van der Waals surface area contributed by atoms with Gasteiger partial charge in [0, 0.05) is 12.7 Å². The first-order valence-corrected chi connectivity index (χ1v) is 9.93. The highest BCUT2D eigenvalue weighted by atomic mass is 32.1. The molecule has 0 unspecified atom stereocenters. The van der Waals surface area contributed by atoms with Crippen molar-refractivity contribution < 1.29 is 19.2 Å². The molecule has 0 aliphatic carbocycles. The molecule has 28 heavy (non-hydrogen) atoms. The molecule has 3 rings (SSSR count). The topological polar surface area (TPSA) is 66.0 Å². The van der Waals surface area contributed by atoms with E-state index >= 15 is 0 Å². The van der Waals surface area contributed by atoms with Crippen LogP contribution < -0.4 is 14.5 Å². The fourth-order valence-electron chi connectivity index (χ4n) is 3.37. The lowest BCUT2D eigenvalue weighted by molar-refractivity contribution is -0.924. The van der Waals surface area contributed by atoms with Crippen LogP contribution in [0.25, 0.3) is 0 Å². The minimum absolute atomic E-state index is 0.140. The maximum Gasteiger partial charge on any atom is 0.313 e. The van der Waals surface area contributed by atoms with E-state index in [1.165, 1.54) is 10.6 Å². The van der Waals surface area contributed by atoms with Crippen molar-refractivity contribution in [3.05, 3.63) is 34.9 Å². The molecule has 152 valence electrons. The SMILES string of the molecule is CCOC(=O)Cc1nn(C[NH+]2CCN(c3ccc(OC)cc3)CC2)c(=S)n1C. The summed E-state index contributed by atoms with van der Waals surface area (Å²) in [5, 5.41) is 4.55. The van der Waals surface area contributed by atoms with Crippen molar-refractivity contribution in [1.29, 1.82) is 0 Å². The van der Waals surface area contributed by atoms with Gasteiger partial charge in [-0.3, -0.25) is 4.79 Å². The molecule has 1 fully saturated rings. The number of quaternary nitrogens is 1. The average Bonchev–Trinajstić information content (AvgIpc) is 2.96. The van der Waals surface area contributed by atoms with Crippen LogP contribution in [0.2, 0.25) is 0 Å². The number of nitrogens with zero attached hydrogens (tertiary/aromatic N) is 4. The first-order chi connectivity index (χ1) is 13.5. The second-order valence-corrected chi connectivity index (χ2v) is 7.20. The summed E-state index contributed by atoms with van der Waals surface area (Å²) in [4.78, 5) is 15.5. The first-order valence-electron chi connectivity index (χ1n) is 9.52. The van der Waals surface area contributed by atoms with Gasteiger partial charge in [0.25, 0.3) is 0 Å². The number of aromatic nitrogens is 3. The van der Waals surface area contributed by atoms with Gasteiger partial charge >= 0.3 is 5.97 Å². The molecule has 2 heterocycles. The summed E-state index contributed by atoms with van der Waals surface area (Å²) >= 11 is 5.50. The Hall–Kier alpha value is -2.39. The second kappa shape index (κ2) is 9.20. The lowest BCUT2D eigenvalue weighted by atomic mass is 10.2. The molecule has 0 saturated carbocycles. The molecule has 1 saturated heterocycles. The van der Waals surface area contributed by atoms with Crippen LogP contribution in [0.15, 0.2) is 24.3 Å². The standard InChI is InChI=1S/C19H27N5O3S/c1-4-27-18(25)13-17-20-24(19(28)21(17)2)14-22-9-11-23(12-10-22)15-5-7-16(26-3)8-6-15/h5-8H,4,9-14H2,1-3H3/p+1. The van der Waals surface area contributed by atoms with Crippen LogP contribution in [0.1, 0.15) is 12.7 Å². The third-order valence-corrected chi connectivity index (χ3v) is 5.50.